The van der Waals surface area contributed by atoms with E-state index in [-0.39, 0.29) is 41.4 Å². The molecule has 210 valence electrons. The Morgan fingerprint density at radius 1 is 1.00 bits per heavy atom. The van der Waals surface area contributed by atoms with Crippen molar-refractivity contribution < 1.29 is 42.4 Å². The molecular weight excluding hydrogens is 503 g/mol. The zero-order chi connectivity index (χ0) is 28.5. The minimum atomic E-state index is -4.56. The maximum Gasteiger partial charge on any atom is 0.422 e. The molecule has 0 amide bonds. The first-order valence-electron chi connectivity index (χ1n) is 12.4. The van der Waals surface area contributed by atoms with E-state index in [0.717, 1.165) is 6.42 Å². The molecule has 0 radical (unpaired) electrons. The molecule has 0 saturated carbocycles. The largest absolute Gasteiger partial charge is 0.507 e. The van der Waals surface area contributed by atoms with Gasteiger partial charge in [0.2, 0.25) is 0 Å². The summed E-state index contributed by atoms with van der Waals surface area (Å²) in [5.41, 5.74) is 1.52. The average Bonchev–Trinajstić information content (AvgIpc) is 2.78. The van der Waals surface area contributed by atoms with Crippen molar-refractivity contribution in [3.63, 3.8) is 0 Å². The van der Waals surface area contributed by atoms with Crippen LogP contribution >= 0.6 is 0 Å². The maximum absolute atomic E-state index is 12.6. The fourth-order valence-corrected chi connectivity index (χ4v) is 3.77. The summed E-state index contributed by atoms with van der Waals surface area (Å²) in [6.07, 6.45) is -2.74. The van der Waals surface area contributed by atoms with Crippen LogP contribution in [0.1, 0.15) is 63.6 Å². The molecule has 7 nitrogen and oxygen atoms in total. The van der Waals surface area contributed by atoms with Crippen molar-refractivity contribution in [2.45, 2.75) is 66.0 Å². The summed E-state index contributed by atoms with van der Waals surface area (Å²) in [5.74, 6) is -0.571. The smallest absolute Gasteiger partial charge is 0.422 e. The molecule has 0 bridgehead atoms. The summed E-state index contributed by atoms with van der Waals surface area (Å²) in [5, 5.41) is 28.3. The predicted octanol–water partition coefficient (Wildman–Crippen LogP) is 6.56. The number of halogens is 3. The Kier molecular flexibility index (Phi) is 10.9. The number of benzene rings is 2. The van der Waals surface area contributed by atoms with Crippen LogP contribution in [0.4, 0.5) is 13.2 Å². The van der Waals surface area contributed by atoms with Crippen LogP contribution in [0.25, 0.3) is 0 Å². The minimum Gasteiger partial charge on any atom is -0.507 e. The number of ether oxygens (including phenoxy) is 3. The van der Waals surface area contributed by atoms with Crippen LogP contribution in [0.3, 0.4) is 0 Å². The van der Waals surface area contributed by atoms with Gasteiger partial charge < -0.3 is 29.8 Å². The van der Waals surface area contributed by atoms with Crippen LogP contribution in [0, 0.1) is 10.8 Å². The van der Waals surface area contributed by atoms with Gasteiger partial charge in [-0.25, -0.2) is 0 Å². The van der Waals surface area contributed by atoms with E-state index in [1.54, 1.807) is 12.1 Å². The Bertz CT molecular complexity index is 1110. The molecule has 0 spiro atoms. The van der Waals surface area contributed by atoms with E-state index in [1.807, 2.05) is 27.7 Å². The second-order valence-corrected chi connectivity index (χ2v) is 10.2. The lowest BCUT2D eigenvalue weighted by Crippen LogP contribution is -2.20. The number of carboxylic acid groups (broad SMARTS) is 1. The van der Waals surface area contributed by atoms with Gasteiger partial charge in [0.05, 0.1) is 19.6 Å². The first-order chi connectivity index (χ1) is 17.7. The quantitative estimate of drug-likeness (QED) is 0.185. The monoisotopic (exact) mass is 539 g/mol. The fourth-order valence-electron chi connectivity index (χ4n) is 3.77. The van der Waals surface area contributed by atoms with Crippen LogP contribution in [-0.2, 0) is 17.6 Å². The van der Waals surface area contributed by atoms with Gasteiger partial charge in [-0.15, -0.1) is 0 Å². The van der Waals surface area contributed by atoms with E-state index >= 15 is 0 Å². The molecule has 0 aliphatic heterocycles. The van der Waals surface area contributed by atoms with Crippen LogP contribution in [0.5, 0.6) is 23.0 Å². The van der Waals surface area contributed by atoms with Crippen molar-refractivity contribution in [1.29, 1.82) is 5.41 Å². The van der Waals surface area contributed by atoms with Gasteiger partial charge in [0.1, 0.15) is 23.0 Å². The molecule has 0 heterocycles. The average molecular weight is 540 g/mol. The normalized spacial score (nSPS) is 11.8. The Hall–Kier alpha value is -3.43. The van der Waals surface area contributed by atoms with E-state index in [9.17, 15) is 23.1 Å². The lowest BCUT2D eigenvalue weighted by atomic mass is 9.86. The highest BCUT2D eigenvalue weighted by Crippen LogP contribution is 2.35. The third-order valence-electron chi connectivity index (χ3n) is 5.36. The molecule has 0 aliphatic carbocycles. The van der Waals surface area contributed by atoms with Gasteiger partial charge in [-0.2, -0.15) is 13.2 Å². The number of nitrogens with one attached hydrogen (secondary N) is 1. The summed E-state index contributed by atoms with van der Waals surface area (Å²) >= 11 is 0. The van der Waals surface area contributed by atoms with Gasteiger partial charge >= 0.3 is 12.1 Å². The van der Waals surface area contributed by atoms with Gasteiger partial charge in [0.15, 0.2) is 6.61 Å². The molecule has 2 rings (SSSR count). The number of alkyl halides is 3. The Balaban J connectivity index is 2.01. The number of aliphatic carboxylic acids is 1. The second-order valence-electron chi connectivity index (χ2n) is 10.2. The first-order valence-corrected chi connectivity index (χ1v) is 12.4. The molecule has 0 aliphatic rings. The molecule has 0 atom stereocenters. The number of phenolic OH excluding ortho intramolecular Hbond substituents is 1. The molecule has 2 aromatic rings. The van der Waals surface area contributed by atoms with Crippen molar-refractivity contribution in [2.75, 3.05) is 19.8 Å². The Labute approximate surface area is 221 Å². The molecule has 0 unspecified atom stereocenters. The topological polar surface area (TPSA) is 109 Å². The van der Waals surface area contributed by atoms with E-state index in [4.69, 9.17) is 24.7 Å². The van der Waals surface area contributed by atoms with Crippen LogP contribution in [0.2, 0.25) is 0 Å². The predicted molar refractivity (Wildman–Crippen MR) is 138 cm³/mol. The fraction of sp³-hybridized carbons (Fsp3) is 0.500. The van der Waals surface area contributed by atoms with E-state index in [0.29, 0.717) is 41.9 Å². The molecule has 2 aromatic carbocycles. The van der Waals surface area contributed by atoms with Crippen LogP contribution in [-0.4, -0.2) is 47.9 Å². The lowest BCUT2D eigenvalue weighted by molar-refractivity contribution is -0.153. The zero-order valence-corrected chi connectivity index (χ0v) is 22.2. The van der Waals surface area contributed by atoms with Gasteiger partial charge in [-0.3, -0.25) is 4.79 Å². The van der Waals surface area contributed by atoms with Crippen molar-refractivity contribution in [3.8, 4) is 23.0 Å². The number of hydrogen-bond acceptors (Lipinski definition) is 6. The highest BCUT2D eigenvalue weighted by Gasteiger charge is 2.29. The Morgan fingerprint density at radius 2 is 1.68 bits per heavy atom. The number of phenols is 1. The molecule has 0 fully saturated rings. The number of carbonyl (C=O) groups is 1. The standard InChI is InChI=1S/C28H36F3NO6/c1-5-7-21-23(11-10-20(26(21)35)22(32)16-27(2,3)4)37-13-6-12-36-19-9-8-18(14-25(33)34)24(15-19)38-17-28(29,30)31/h8-11,15,32,35H,5-7,12-14,16-17H2,1-4H3,(H,33,34). The molecular formula is C28H36F3NO6. The van der Waals surface area contributed by atoms with Crippen molar-refractivity contribution in [2.24, 2.45) is 5.41 Å². The van der Waals surface area contributed by atoms with E-state index in [2.05, 4.69) is 0 Å². The highest BCUT2D eigenvalue weighted by atomic mass is 19.4. The number of aromatic hydroxyl groups is 1. The minimum absolute atomic E-state index is 0.0580. The molecule has 38 heavy (non-hydrogen) atoms. The summed E-state index contributed by atoms with van der Waals surface area (Å²) < 4.78 is 54.0. The number of carboxylic acids is 1. The summed E-state index contributed by atoms with van der Waals surface area (Å²) in [6, 6.07) is 7.53. The second kappa shape index (κ2) is 13.4. The van der Waals surface area contributed by atoms with Crippen molar-refractivity contribution in [3.05, 3.63) is 47.0 Å². The van der Waals surface area contributed by atoms with Gasteiger partial charge in [0, 0.05) is 34.9 Å². The maximum atomic E-state index is 12.6. The Morgan fingerprint density at radius 3 is 2.29 bits per heavy atom. The summed E-state index contributed by atoms with van der Waals surface area (Å²) in [4.78, 5) is 11.0. The van der Waals surface area contributed by atoms with Gasteiger partial charge in [-0.1, -0.05) is 40.2 Å². The van der Waals surface area contributed by atoms with Crippen LogP contribution < -0.4 is 14.2 Å². The number of rotatable bonds is 14. The van der Waals surface area contributed by atoms with Crippen LogP contribution in [0.15, 0.2) is 30.3 Å². The van der Waals surface area contributed by atoms with Crippen molar-refractivity contribution in [1.82, 2.24) is 0 Å². The third-order valence-corrected chi connectivity index (χ3v) is 5.36. The summed E-state index contributed by atoms with van der Waals surface area (Å²) in [7, 11) is 0. The third kappa shape index (κ3) is 10.1. The summed E-state index contributed by atoms with van der Waals surface area (Å²) in [6.45, 7) is 6.98. The SMILES string of the molecule is CCCc1c(OCCCOc2ccc(CC(=O)O)c(OCC(F)(F)F)c2)ccc(C(=N)CC(C)(C)C)c1O. The zero-order valence-electron chi connectivity index (χ0n) is 22.2. The van der Waals surface area contributed by atoms with Gasteiger partial charge in [-0.05, 0) is 36.5 Å². The van der Waals surface area contributed by atoms with Gasteiger partial charge in [0.25, 0.3) is 0 Å². The van der Waals surface area contributed by atoms with Crippen molar-refractivity contribution >= 4 is 11.7 Å². The highest BCUT2D eigenvalue weighted by molar-refractivity contribution is 6.01. The molecule has 0 saturated heterocycles. The van der Waals surface area contributed by atoms with E-state index < -0.39 is 25.2 Å². The molecule has 10 heteroatoms. The number of hydrogen-bond donors (Lipinski definition) is 3. The van der Waals surface area contributed by atoms with E-state index in [1.165, 1.54) is 18.2 Å². The lowest BCUT2D eigenvalue weighted by Gasteiger charge is -2.21. The first kappa shape index (κ1) is 30.8. The molecule has 0 aromatic heterocycles. The molecule has 3 N–H and O–H groups in total.